The second-order valence-electron chi connectivity index (χ2n) is 0.696. The van der Waals surface area contributed by atoms with E-state index in [1.54, 1.807) is 0 Å². The van der Waals surface area contributed by atoms with Crippen molar-refractivity contribution in [2.45, 2.75) is 6.92 Å². The maximum absolute atomic E-state index is 8.89. The molecule has 0 radical (unpaired) electrons. The lowest BCUT2D eigenvalue weighted by atomic mass is 10.9. The molecule has 0 rings (SSSR count). The first-order valence-corrected chi connectivity index (χ1v) is 2.41. The predicted molar refractivity (Wildman–Crippen MR) is 38.3 cm³/mol. The van der Waals surface area contributed by atoms with Gasteiger partial charge in [-0.15, -0.1) is 11.4 Å². The van der Waals surface area contributed by atoms with Crippen LogP contribution in [0.4, 0.5) is 0 Å². The van der Waals surface area contributed by atoms with Crippen molar-refractivity contribution >= 4 is 17.3 Å². The van der Waals surface area contributed by atoms with Gasteiger partial charge in [0, 0.05) is 5.97 Å². The molecule has 12 N–H and O–H groups in total. The van der Waals surface area contributed by atoms with Gasteiger partial charge in [0.1, 0.15) is 0 Å². The summed E-state index contributed by atoms with van der Waals surface area (Å²) in [4.78, 5) is 8.89. The van der Waals surface area contributed by atoms with Gasteiger partial charge in [0.2, 0.25) is 0 Å². The summed E-state index contributed by atoms with van der Waals surface area (Å²) in [6.45, 7) is 0.972. The van der Waals surface area contributed by atoms with Crippen molar-refractivity contribution in [1.29, 1.82) is 0 Å². The monoisotopic (exact) mass is 193 g/mol. The van der Waals surface area contributed by atoms with Crippen LogP contribution in [-0.2, 0) is 16.2 Å². The van der Waals surface area contributed by atoms with Crippen molar-refractivity contribution < 1.29 is 23.2 Å². The summed E-state index contributed by atoms with van der Waals surface area (Å²) in [5, 5.41) is 8.89. The second-order valence-corrected chi connectivity index (χ2v) is 1.10. The Balaban J connectivity index is -0.0000000171. The smallest absolute Gasteiger partial charge is 0.0383 e. The first-order chi connectivity index (χ1) is 3.46. The van der Waals surface area contributed by atoms with E-state index >= 15 is 0 Å². The zero-order chi connectivity index (χ0) is 7.15. The lowest BCUT2D eigenvalue weighted by Crippen LogP contribution is -2.16. The Morgan fingerprint density at radius 3 is 1.18 bits per heavy atom. The highest BCUT2D eigenvalue weighted by Crippen LogP contribution is 1.42. The molecule has 8 nitrogen and oxygen atoms in total. The number of hydrogen-bond donors (Lipinski definition) is 3. The van der Waals surface area contributed by atoms with E-state index in [-0.39, 0.29) is 18.5 Å². The molecular formula is C2H15N3O5S. The van der Waals surface area contributed by atoms with Crippen LogP contribution < -0.4 is 23.6 Å². The van der Waals surface area contributed by atoms with Gasteiger partial charge in [0.25, 0.3) is 0 Å². The molecule has 0 aliphatic carbocycles. The van der Waals surface area contributed by atoms with Crippen molar-refractivity contribution in [3.05, 3.63) is 0 Å². The van der Waals surface area contributed by atoms with Crippen LogP contribution in [0.3, 0.4) is 0 Å². The molecular weight excluding hydrogens is 178 g/mol. The molecule has 0 atom stereocenters. The molecule has 0 aliphatic heterocycles. The Morgan fingerprint density at radius 2 is 1.18 bits per heavy atom. The standard InChI is InChI=1S/C2H4O2.3H3N.H2O3S/c1-2(3)4;;;;1-4(2)3/h1H3,(H,3,4);3*1H3;(H2,1,2,3). The lowest BCUT2D eigenvalue weighted by Gasteiger charge is -2.03. The summed E-state index contributed by atoms with van der Waals surface area (Å²) in [5.41, 5.74) is 0. The quantitative estimate of drug-likeness (QED) is 0.406. The van der Waals surface area contributed by atoms with E-state index < -0.39 is 17.3 Å². The summed E-state index contributed by atoms with van der Waals surface area (Å²) in [6, 6.07) is 0. The summed E-state index contributed by atoms with van der Waals surface area (Å²) >= 11 is -3.11. The fraction of sp³-hybridized carbons (Fsp3) is 0.500. The summed E-state index contributed by atoms with van der Waals surface area (Å²) in [7, 11) is 0. The van der Waals surface area contributed by atoms with Crippen LogP contribution in [0.2, 0.25) is 0 Å². The predicted octanol–water partition coefficient (Wildman–Crippen LogP) is -1.12. The highest BCUT2D eigenvalue weighted by Gasteiger charge is 1.46. The molecule has 0 bridgehead atoms. The van der Waals surface area contributed by atoms with Crippen molar-refractivity contribution in [2.75, 3.05) is 0 Å². The van der Waals surface area contributed by atoms with Gasteiger partial charge < -0.3 is 37.5 Å². The van der Waals surface area contributed by atoms with E-state index in [2.05, 4.69) is 0 Å². The Hall–Kier alpha value is -0.580. The van der Waals surface area contributed by atoms with Crippen molar-refractivity contribution in [1.82, 2.24) is 18.5 Å². The van der Waals surface area contributed by atoms with Gasteiger partial charge in [0.15, 0.2) is 0 Å². The van der Waals surface area contributed by atoms with Crippen LogP contribution >= 0.6 is 0 Å². The van der Waals surface area contributed by atoms with Crippen LogP contribution in [-0.4, -0.2) is 19.3 Å². The van der Waals surface area contributed by atoms with Crippen molar-refractivity contribution in [3.8, 4) is 0 Å². The zero-order valence-corrected chi connectivity index (χ0v) is 7.77. The third kappa shape index (κ3) is 1540. The van der Waals surface area contributed by atoms with Gasteiger partial charge >= 0.3 is 0 Å². The fourth-order valence-electron chi connectivity index (χ4n) is 0. The van der Waals surface area contributed by atoms with Crippen molar-refractivity contribution in [2.24, 2.45) is 0 Å². The minimum absolute atomic E-state index is 0. The van der Waals surface area contributed by atoms with E-state index in [0.717, 1.165) is 6.92 Å². The maximum Gasteiger partial charge on any atom is 0.0383 e. The highest BCUT2D eigenvalue weighted by atomic mass is 32.2. The molecule has 0 aromatic rings. The summed E-state index contributed by atoms with van der Waals surface area (Å²) < 4.78 is 25.3. The fourth-order valence-corrected chi connectivity index (χ4v) is 0. The summed E-state index contributed by atoms with van der Waals surface area (Å²) in [6.07, 6.45) is 0. The molecule has 0 saturated heterocycles. The molecule has 0 aromatic carbocycles. The van der Waals surface area contributed by atoms with Gasteiger partial charge in [-0.25, -0.2) is 0 Å². The zero-order valence-electron chi connectivity index (χ0n) is 6.95. The molecule has 0 amide bonds. The number of carbonyl (C=O) groups excluding carboxylic acids is 1. The lowest BCUT2D eigenvalue weighted by molar-refractivity contribution is -0.302. The Morgan fingerprint density at radius 1 is 1.18 bits per heavy atom. The topological polar surface area (TPSA) is 213 Å². The van der Waals surface area contributed by atoms with E-state index in [4.69, 9.17) is 23.2 Å². The molecule has 0 heterocycles. The Kier molecular flexibility index (Phi) is 65.1. The van der Waals surface area contributed by atoms with Crippen LogP contribution in [0.25, 0.3) is 0 Å². The average molecular weight is 193 g/mol. The molecule has 0 aromatic heterocycles. The van der Waals surface area contributed by atoms with E-state index in [9.17, 15) is 0 Å². The van der Waals surface area contributed by atoms with Crippen LogP contribution in [0.15, 0.2) is 0 Å². The Bertz CT molecular complexity index is 77.7. The molecule has 0 unspecified atom stereocenters. The van der Waals surface area contributed by atoms with Gasteiger partial charge in [-0.2, -0.15) is 0 Å². The number of hydrogen-bond acceptors (Lipinski definition) is 5. The maximum atomic E-state index is 8.89. The van der Waals surface area contributed by atoms with Crippen LogP contribution in [0.5, 0.6) is 0 Å². The summed E-state index contributed by atoms with van der Waals surface area (Å²) in [5.74, 6) is -1.08. The number of carbonyl (C=O) groups is 1. The molecule has 0 aliphatic rings. The minimum atomic E-state index is -3.11. The molecule has 11 heavy (non-hydrogen) atoms. The number of carboxylic acids is 1. The van der Waals surface area contributed by atoms with Crippen LogP contribution in [0.1, 0.15) is 6.92 Å². The first kappa shape index (κ1) is 31.5. The van der Waals surface area contributed by atoms with E-state index in [1.165, 1.54) is 0 Å². The van der Waals surface area contributed by atoms with Crippen molar-refractivity contribution in [3.63, 3.8) is 0 Å². The number of aliphatic carboxylic acids is 1. The third-order valence-electron chi connectivity index (χ3n) is 0. The molecule has 74 valence electrons. The van der Waals surface area contributed by atoms with Gasteiger partial charge in [-0.05, 0) is 6.92 Å². The number of quaternary nitrogens is 3. The van der Waals surface area contributed by atoms with Gasteiger partial charge in [0.05, 0.1) is 0 Å². The SMILES string of the molecule is CC(=O)[O-].O=S([O-])[O-].[NH4+].[NH4+].[NH4+]. The molecule has 0 saturated carbocycles. The molecule has 0 fully saturated rings. The number of carboxylic acid groups (broad SMARTS) is 1. The first-order valence-electron chi connectivity index (χ1n) is 1.41. The normalized spacial score (nSPS) is 5.45. The third-order valence-corrected chi connectivity index (χ3v) is 0. The largest absolute Gasteiger partial charge is 0.784 e. The van der Waals surface area contributed by atoms with E-state index in [0.29, 0.717) is 0 Å². The molecule has 9 heteroatoms. The van der Waals surface area contributed by atoms with E-state index in [1.807, 2.05) is 0 Å². The highest BCUT2D eigenvalue weighted by molar-refractivity contribution is 7.72. The Labute approximate surface area is 66.9 Å². The van der Waals surface area contributed by atoms with Crippen LogP contribution in [0, 0.1) is 0 Å². The molecule has 0 spiro atoms. The minimum Gasteiger partial charge on any atom is -0.784 e. The average Bonchev–Trinajstić information content (AvgIpc) is 1.25. The van der Waals surface area contributed by atoms with Gasteiger partial charge in [-0.3, -0.25) is 4.21 Å². The second kappa shape index (κ2) is 22.7. The van der Waals surface area contributed by atoms with Gasteiger partial charge in [-0.1, -0.05) is 0 Å². The number of rotatable bonds is 0.